The number of H-pyrrole nitrogens is 1. The summed E-state index contributed by atoms with van der Waals surface area (Å²) in [7, 11) is 0. The van der Waals surface area contributed by atoms with Gasteiger partial charge < -0.3 is 14.5 Å². The van der Waals surface area contributed by atoms with Crippen LogP contribution in [-0.4, -0.2) is 53.9 Å². The number of fused-ring (bicyclic) bond motifs is 1. The van der Waals surface area contributed by atoms with Crippen LogP contribution in [-0.2, 0) is 16.0 Å². The highest BCUT2D eigenvalue weighted by Gasteiger charge is 2.30. The number of aromatic nitrogens is 2. The number of carbonyl (C=O) groups is 1. The van der Waals surface area contributed by atoms with Crippen LogP contribution in [0.1, 0.15) is 23.7 Å². The first-order valence-electron chi connectivity index (χ1n) is 8.52. The molecule has 0 radical (unpaired) electrons. The Labute approximate surface area is 141 Å². The number of benzene rings is 1. The van der Waals surface area contributed by atoms with Gasteiger partial charge in [-0.25, -0.2) is 0 Å². The zero-order valence-corrected chi connectivity index (χ0v) is 13.6. The summed E-state index contributed by atoms with van der Waals surface area (Å²) < 4.78 is 5.56. The molecule has 2 aliphatic heterocycles. The Morgan fingerprint density at radius 3 is 3.08 bits per heavy atom. The Morgan fingerprint density at radius 2 is 2.21 bits per heavy atom. The van der Waals surface area contributed by atoms with Crippen molar-refractivity contribution in [1.29, 1.82) is 0 Å². The van der Waals surface area contributed by atoms with E-state index >= 15 is 0 Å². The molecule has 1 N–H and O–H groups in total. The first-order chi connectivity index (χ1) is 11.8. The lowest BCUT2D eigenvalue weighted by Crippen LogP contribution is -2.44. The highest BCUT2D eigenvalue weighted by Crippen LogP contribution is 2.28. The summed E-state index contributed by atoms with van der Waals surface area (Å²) in [5, 5.41) is 6.97. The number of hydrogen-bond donors (Lipinski definition) is 1. The van der Waals surface area contributed by atoms with Gasteiger partial charge in [0.25, 0.3) is 0 Å². The summed E-state index contributed by atoms with van der Waals surface area (Å²) in [6, 6.07) is 10.3. The molecule has 1 fully saturated rings. The second-order valence-corrected chi connectivity index (χ2v) is 6.31. The zero-order valence-electron chi connectivity index (χ0n) is 13.6. The lowest BCUT2D eigenvalue weighted by Gasteiger charge is -2.35. The minimum absolute atomic E-state index is 0.0559. The molecule has 1 atom stereocenters. The minimum atomic E-state index is -0.0559. The molecule has 6 heteroatoms. The summed E-state index contributed by atoms with van der Waals surface area (Å²) in [4.78, 5) is 17.0. The third-order valence-electron chi connectivity index (χ3n) is 4.91. The van der Waals surface area contributed by atoms with Crippen molar-refractivity contribution in [3.8, 4) is 0 Å². The molecule has 1 saturated heterocycles. The molecule has 0 spiro atoms. The van der Waals surface area contributed by atoms with Crippen LogP contribution in [0.2, 0.25) is 0 Å². The third kappa shape index (κ3) is 2.89. The van der Waals surface area contributed by atoms with E-state index in [0.717, 1.165) is 25.2 Å². The molecule has 0 bridgehead atoms. The molecule has 2 aliphatic rings. The normalized spacial score (nSPS) is 20.2. The molecular weight excluding hydrogens is 304 g/mol. The first kappa shape index (κ1) is 15.2. The van der Waals surface area contributed by atoms with Crippen LogP contribution in [0, 0.1) is 0 Å². The van der Waals surface area contributed by atoms with Gasteiger partial charge in [0.15, 0.2) is 0 Å². The van der Waals surface area contributed by atoms with Crippen LogP contribution in [0.4, 0.5) is 5.69 Å². The topological polar surface area (TPSA) is 61.5 Å². The highest BCUT2D eigenvalue weighted by atomic mass is 16.5. The van der Waals surface area contributed by atoms with E-state index < -0.39 is 0 Å². The van der Waals surface area contributed by atoms with Crippen LogP contribution in [0.25, 0.3) is 0 Å². The molecule has 1 aromatic carbocycles. The molecular formula is C18H22N4O2. The van der Waals surface area contributed by atoms with Crippen LogP contribution in [0.15, 0.2) is 36.5 Å². The van der Waals surface area contributed by atoms with E-state index in [1.54, 1.807) is 6.20 Å². The van der Waals surface area contributed by atoms with Crippen molar-refractivity contribution >= 4 is 11.6 Å². The Balaban J connectivity index is 1.40. The van der Waals surface area contributed by atoms with E-state index in [0.29, 0.717) is 26.2 Å². The largest absolute Gasteiger partial charge is 0.377 e. The summed E-state index contributed by atoms with van der Waals surface area (Å²) in [5.41, 5.74) is 3.60. The fourth-order valence-corrected chi connectivity index (χ4v) is 3.63. The summed E-state index contributed by atoms with van der Waals surface area (Å²) >= 11 is 0. The van der Waals surface area contributed by atoms with Gasteiger partial charge in [-0.15, -0.1) is 0 Å². The second-order valence-electron chi connectivity index (χ2n) is 6.31. The van der Waals surface area contributed by atoms with Gasteiger partial charge in [-0.2, -0.15) is 5.10 Å². The number of rotatable bonds is 4. The molecule has 0 saturated carbocycles. The first-order valence-corrected chi connectivity index (χ1v) is 8.52. The van der Waals surface area contributed by atoms with E-state index in [1.807, 2.05) is 11.0 Å². The predicted molar refractivity (Wildman–Crippen MR) is 90.8 cm³/mol. The second kappa shape index (κ2) is 6.65. The maximum atomic E-state index is 12.8. The minimum Gasteiger partial charge on any atom is -0.377 e. The van der Waals surface area contributed by atoms with Gasteiger partial charge in [0.05, 0.1) is 24.9 Å². The van der Waals surface area contributed by atoms with E-state index in [4.69, 9.17) is 4.74 Å². The van der Waals surface area contributed by atoms with Crippen LogP contribution in [0.3, 0.4) is 0 Å². The molecule has 4 rings (SSSR count). The lowest BCUT2D eigenvalue weighted by molar-refractivity contribution is -0.140. The Hall–Kier alpha value is -2.34. The lowest BCUT2D eigenvalue weighted by atomic mass is 10.1. The number of hydrogen-bond acceptors (Lipinski definition) is 4. The molecule has 126 valence electrons. The standard InChI is InChI=1S/C18H22N4O2/c23-18(7-10-21-9-6-14-3-1-2-4-16(14)21)22-11-12-24-13-17(22)15-5-8-19-20-15/h1-5,8,17H,6-7,9-13H2,(H,19,20)/t17-/m0/s1. The monoisotopic (exact) mass is 326 g/mol. The van der Waals surface area contributed by atoms with Gasteiger partial charge >= 0.3 is 0 Å². The molecule has 3 heterocycles. The number of carbonyl (C=O) groups excluding carboxylic acids is 1. The molecule has 24 heavy (non-hydrogen) atoms. The Morgan fingerprint density at radius 1 is 1.29 bits per heavy atom. The predicted octanol–water partition coefficient (Wildman–Crippen LogP) is 1.76. The average molecular weight is 326 g/mol. The fourth-order valence-electron chi connectivity index (χ4n) is 3.63. The van der Waals surface area contributed by atoms with Crippen molar-refractivity contribution in [2.24, 2.45) is 0 Å². The van der Waals surface area contributed by atoms with Crippen molar-refractivity contribution in [3.63, 3.8) is 0 Å². The molecule has 1 amide bonds. The molecule has 1 aromatic heterocycles. The number of ether oxygens (including phenoxy) is 1. The van der Waals surface area contributed by atoms with Crippen molar-refractivity contribution < 1.29 is 9.53 Å². The summed E-state index contributed by atoms with van der Waals surface area (Å²) in [5.74, 6) is 0.183. The average Bonchev–Trinajstić information content (AvgIpc) is 3.30. The number of anilines is 1. The number of morpholine rings is 1. The number of nitrogens with zero attached hydrogens (tertiary/aromatic N) is 3. The van der Waals surface area contributed by atoms with E-state index in [9.17, 15) is 4.79 Å². The van der Waals surface area contributed by atoms with Crippen LogP contribution < -0.4 is 4.90 Å². The summed E-state index contributed by atoms with van der Waals surface area (Å²) in [6.45, 7) is 3.53. The number of nitrogens with one attached hydrogen (secondary N) is 1. The quantitative estimate of drug-likeness (QED) is 0.930. The van der Waals surface area contributed by atoms with Gasteiger partial charge in [-0.05, 0) is 24.1 Å². The van der Waals surface area contributed by atoms with Crippen molar-refractivity contribution in [3.05, 3.63) is 47.8 Å². The van der Waals surface area contributed by atoms with Gasteiger partial charge in [-0.3, -0.25) is 9.89 Å². The third-order valence-corrected chi connectivity index (χ3v) is 4.91. The fraction of sp³-hybridized carbons (Fsp3) is 0.444. The Bertz CT molecular complexity index is 701. The van der Waals surface area contributed by atoms with Crippen LogP contribution >= 0.6 is 0 Å². The molecule has 0 unspecified atom stereocenters. The van der Waals surface area contributed by atoms with Crippen molar-refractivity contribution in [2.75, 3.05) is 37.7 Å². The Kier molecular flexibility index (Phi) is 4.21. The molecule has 6 nitrogen and oxygen atoms in total. The van der Waals surface area contributed by atoms with E-state index in [-0.39, 0.29) is 11.9 Å². The van der Waals surface area contributed by atoms with E-state index in [2.05, 4.69) is 39.4 Å². The van der Waals surface area contributed by atoms with Crippen molar-refractivity contribution in [2.45, 2.75) is 18.9 Å². The smallest absolute Gasteiger partial charge is 0.225 e. The molecule has 0 aliphatic carbocycles. The number of para-hydroxylation sites is 1. The van der Waals surface area contributed by atoms with Crippen LogP contribution in [0.5, 0.6) is 0 Å². The van der Waals surface area contributed by atoms with Gasteiger partial charge in [0, 0.05) is 37.9 Å². The van der Waals surface area contributed by atoms with Crippen molar-refractivity contribution in [1.82, 2.24) is 15.1 Å². The van der Waals surface area contributed by atoms with E-state index in [1.165, 1.54) is 11.3 Å². The maximum absolute atomic E-state index is 12.8. The number of amides is 1. The zero-order chi connectivity index (χ0) is 16.4. The van der Waals surface area contributed by atoms with Gasteiger partial charge in [-0.1, -0.05) is 18.2 Å². The van der Waals surface area contributed by atoms with Gasteiger partial charge in [0.1, 0.15) is 0 Å². The highest BCUT2D eigenvalue weighted by molar-refractivity contribution is 5.77. The SMILES string of the molecule is O=C(CCN1CCc2ccccc21)N1CCOC[C@H]1c1ccn[nH]1. The molecule has 2 aromatic rings. The summed E-state index contributed by atoms with van der Waals surface area (Å²) in [6.07, 6.45) is 3.31. The maximum Gasteiger partial charge on any atom is 0.225 e. The van der Waals surface area contributed by atoms with Gasteiger partial charge in [0.2, 0.25) is 5.91 Å². The number of aromatic amines is 1.